The summed E-state index contributed by atoms with van der Waals surface area (Å²) in [4.78, 5) is 3.91. The topological polar surface area (TPSA) is 85.1 Å². The van der Waals surface area contributed by atoms with Gasteiger partial charge in [-0.15, -0.1) is 0 Å². The van der Waals surface area contributed by atoms with E-state index in [0.29, 0.717) is 5.69 Å². The van der Waals surface area contributed by atoms with Crippen molar-refractivity contribution in [3.05, 3.63) is 48.3 Å². The highest BCUT2D eigenvalue weighted by atomic mass is 32.2. The Bertz CT molecular complexity index is 654. The molecule has 94 valence electrons. The maximum Gasteiger partial charge on any atom is 0.263 e. The van der Waals surface area contributed by atoms with Gasteiger partial charge in [-0.1, -0.05) is 6.07 Å². The third kappa shape index (κ3) is 2.60. The number of nitrogens with zero attached hydrogens (tertiary/aromatic N) is 1. The molecule has 0 aliphatic heterocycles. The monoisotopic (exact) mass is 263 g/mol. The Labute approximate surface area is 106 Å². The smallest absolute Gasteiger partial charge is 0.263 e. The number of pyridine rings is 1. The first-order chi connectivity index (χ1) is 8.49. The van der Waals surface area contributed by atoms with Crippen molar-refractivity contribution in [2.24, 2.45) is 0 Å². The van der Waals surface area contributed by atoms with E-state index < -0.39 is 10.0 Å². The summed E-state index contributed by atoms with van der Waals surface area (Å²) in [5.41, 5.74) is 7.26. The first-order valence-electron chi connectivity index (χ1n) is 5.28. The molecule has 0 spiro atoms. The number of anilines is 2. The lowest BCUT2D eigenvalue weighted by Gasteiger charge is -2.10. The second kappa shape index (κ2) is 4.66. The van der Waals surface area contributed by atoms with Gasteiger partial charge in [0.25, 0.3) is 10.0 Å². The number of benzene rings is 1. The van der Waals surface area contributed by atoms with Crippen LogP contribution in [0.5, 0.6) is 0 Å². The van der Waals surface area contributed by atoms with Crippen molar-refractivity contribution in [3.8, 4) is 0 Å². The van der Waals surface area contributed by atoms with E-state index in [1.807, 2.05) is 6.92 Å². The lowest BCUT2D eigenvalue weighted by Crippen LogP contribution is -2.14. The normalized spacial score (nSPS) is 11.2. The van der Waals surface area contributed by atoms with Crippen molar-refractivity contribution in [3.63, 3.8) is 0 Å². The number of nitrogen functional groups attached to an aromatic ring is 1. The fourth-order valence-corrected chi connectivity index (χ4v) is 2.70. The van der Waals surface area contributed by atoms with Crippen molar-refractivity contribution in [2.75, 3.05) is 10.5 Å². The van der Waals surface area contributed by atoms with E-state index in [1.165, 1.54) is 12.3 Å². The number of hydrogen-bond donors (Lipinski definition) is 2. The van der Waals surface area contributed by atoms with Crippen LogP contribution in [0.4, 0.5) is 11.4 Å². The highest BCUT2D eigenvalue weighted by Crippen LogP contribution is 2.21. The van der Waals surface area contributed by atoms with Crippen LogP contribution < -0.4 is 10.5 Å². The second-order valence-corrected chi connectivity index (χ2v) is 5.54. The minimum Gasteiger partial charge on any atom is -0.398 e. The molecule has 0 bridgehead atoms. The lowest BCUT2D eigenvalue weighted by atomic mass is 10.2. The molecule has 5 nitrogen and oxygen atoms in total. The summed E-state index contributed by atoms with van der Waals surface area (Å²) >= 11 is 0. The zero-order chi connectivity index (χ0) is 13.2. The zero-order valence-corrected chi connectivity index (χ0v) is 10.6. The van der Waals surface area contributed by atoms with Crippen LogP contribution in [0, 0.1) is 6.92 Å². The molecule has 0 fully saturated rings. The standard InChI is InChI=1S/C12H13N3O2S/c1-9-4-5-12(11(13)7-9)18(16,17)15-10-3-2-6-14-8-10/h2-8,15H,13H2,1H3. The van der Waals surface area contributed by atoms with Crippen molar-refractivity contribution >= 4 is 21.4 Å². The van der Waals surface area contributed by atoms with Crippen molar-refractivity contribution in [2.45, 2.75) is 11.8 Å². The van der Waals surface area contributed by atoms with Crippen LogP contribution in [0.15, 0.2) is 47.6 Å². The number of nitrogens with two attached hydrogens (primary N) is 1. The van der Waals surface area contributed by atoms with Crippen molar-refractivity contribution in [1.29, 1.82) is 0 Å². The maximum absolute atomic E-state index is 12.1. The molecule has 18 heavy (non-hydrogen) atoms. The number of nitrogens with one attached hydrogen (secondary N) is 1. The van der Waals surface area contributed by atoms with Gasteiger partial charge in [-0.3, -0.25) is 9.71 Å². The summed E-state index contributed by atoms with van der Waals surface area (Å²) in [5.74, 6) is 0. The molecule has 0 aliphatic rings. The number of aryl methyl sites for hydroxylation is 1. The summed E-state index contributed by atoms with van der Waals surface area (Å²) in [6, 6.07) is 8.08. The van der Waals surface area contributed by atoms with Crippen molar-refractivity contribution < 1.29 is 8.42 Å². The second-order valence-electron chi connectivity index (χ2n) is 3.89. The molecule has 0 amide bonds. The van der Waals surface area contributed by atoms with E-state index in [9.17, 15) is 8.42 Å². The van der Waals surface area contributed by atoms with Crippen molar-refractivity contribution in [1.82, 2.24) is 4.98 Å². The summed E-state index contributed by atoms with van der Waals surface area (Å²) in [7, 11) is -3.68. The molecule has 2 aromatic rings. The van der Waals surface area contributed by atoms with E-state index in [0.717, 1.165) is 5.56 Å². The Hall–Kier alpha value is -2.08. The van der Waals surface area contributed by atoms with E-state index in [-0.39, 0.29) is 10.6 Å². The SMILES string of the molecule is Cc1ccc(S(=O)(=O)Nc2cccnc2)c(N)c1. The Morgan fingerprint density at radius 2 is 2.06 bits per heavy atom. The molecule has 3 N–H and O–H groups in total. The molecule has 2 rings (SSSR count). The largest absolute Gasteiger partial charge is 0.398 e. The predicted octanol–water partition coefficient (Wildman–Crippen LogP) is 1.77. The van der Waals surface area contributed by atoms with Gasteiger partial charge in [0.15, 0.2) is 0 Å². The summed E-state index contributed by atoms with van der Waals surface area (Å²) in [6.07, 6.45) is 3.00. The molecule has 0 saturated heterocycles. The third-order valence-electron chi connectivity index (χ3n) is 2.37. The van der Waals surface area contributed by atoms with Crippen LogP contribution in [0.2, 0.25) is 0 Å². The van der Waals surface area contributed by atoms with Crippen LogP contribution >= 0.6 is 0 Å². The van der Waals surface area contributed by atoms with E-state index >= 15 is 0 Å². The fourth-order valence-electron chi connectivity index (χ4n) is 1.55. The predicted molar refractivity (Wildman–Crippen MR) is 70.6 cm³/mol. The minimum absolute atomic E-state index is 0.0666. The average molecular weight is 263 g/mol. The number of hydrogen-bond acceptors (Lipinski definition) is 4. The van der Waals surface area contributed by atoms with Crippen LogP contribution in [0.25, 0.3) is 0 Å². The molecule has 0 atom stereocenters. The van der Waals surface area contributed by atoms with Gasteiger partial charge in [-0.2, -0.15) is 0 Å². The molecule has 0 unspecified atom stereocenters. The summed E-state index contributed by atoms with van der Waals surface area (Å²) in [6.45, 7) is 1.85. The van der Waals surface area contributed by atoms with Crippen LogP contribution in [-0.4, -0.2) is 13.4 Å². The van der Waals surface area contributed by atoms with Gasteiger partial charge < -0.3 is 5.73 Å². The fraction of sp³-hybridized carbons (Fsp3) is 0.0833. The molecule has 1 aromatic heterocycles. The van der Waals surface area contributed by atoms with E-state index in [1.54, 1.807) is 30.5 Å². The summed E-state index contributed by atoms with van der Waals surface area (Å²) in [5, 5.41) is 0. The van der Waals surface area contributed by atoms with Crippen LogP contribution in [0.3, 0.4) is 0 Å². The van der Waals surface area contributed by atoms with Gasteiger partial charge in [0.05, 0.1) is 17.6 Å². The van der Waals surface area contributed by atoms with E-state index in [4.69, 9.17) is 5.73 Å². The van der Waals surface area contributed by atoms with Gasteiger partial charge in [0.1, 0.15) is 4.90 Å². The molecule has 6 heteroatoms. The molecule has 0 radical (unpaired) electrons. The number of rotatable bonds is 3. The lowest BCUT2D eigenvalue weighted by molar-refractivity contribution is 0.601. The Kier molecular flexibility index (Phi) is 3.20. The Balaban J connectivity index is 2.37. The first kappa shape index (κ1) is 12.4. The van der Waals surface area contributed by atoms with Crippen LogP contribution in [0.1, 0.15) is 5.56 Å². The van der Waals surface area contributed by atoms with Gasteiger partial charge >= 0.3 is 0 Å². The Morgan fingerprint density at radius 1 is 1.28 bits per heavy atom. The summed E-state index contributed by atoms with van der Waals surface area (Å²) < 4.78 is 26.7. The highest BCUT2D eigenvalue weighted by Gasteiger charge is 2.17. The van der Waals surface area contributed by atoms with Gasteiger partial charge in [-0.25, -0.2) is 8.42 Å². The zero-order valence-electron chi connectivity index (χ0n) is 9.79. The van der Waals surface area contributed by atoms with E-state index in [2.05, 4.69) is 9.71 Å². The average Bonchev–Trinajstić information content (AvgIpc) is 2.29. The molecule has 1 heterocycles. The van der Waals surface area contributed by atoms with Crippen LogP contribution in [-0.2, 0) is 10.0 Å². The number of sulfonamides is 1. The minimum atomic E-state index is -3.68. The maximum atomic E-state index is 12.1. The molecule has 0 aliphatic carbocycles. The quantitative estimate of drug-likeness (QED) is 0.826. The molecule has 1 aromatic carbocycles. The molecular formula is C12H13N3O2S. The highest BCUT2D eigenvalue weighted by molar-refractivity contribution is 7.92. The Morgan fingerprint density at radius 3 is 2.67 bits per heavy atom. The number of aromatic nitrogens is 1. The molecular weight excluding hydrogens is 250 g/mol. The van der Waals surface area contributed by atoms with Gasteiger partial charge in [-0.05, 0) is 36.8 Å². The van der Waals surface area contributed by atoms with Gasteiger partial charge in [0.2, 0.25) is 0 Å². The third-order valence-corrected chi connectivity index (χ3v) is 3.82. The molecule has 0 saturated carbocycles. The first-order valence-corrected chi connectivity index (χ1v) is 6.76. The van der Waals surface area contributed by atoms with Gasteiger partial charge in [0, 0.05) is 6.20 Å².